The molecule has 0 saturated carbocycles. The third-order valence-corrected chi connectivity index (χ3v) is 5.98. The number of methoxy groups -OCH3 is 2. The van der Waals surface area contributed by atoms with Gasteiger partial charge in [-0.2, -0.15) is 4.98 Å². The Hall–Kier alpha value is -4.66. The van der Waals surface area contributed by atoms with E-state index in [4.69, 9.17) is 14.0 Å². The molecule has 1 N–H and O–H groups in total. The zero-order chi connectivity index (χ0) is 25.2. The molecule has 1 aliphatic rings. The molecule has 8 nitrogen and oxygen atoms in total. The minimum Gasteiger partial charge on any atom is -0.497 e. The number of benzene rings is 3. The second kappa shape index (κ2) is 9.53. The number of halogens is 1. The highest BCUT2D eigenvalue weighted by Gasteiger charge is 2.36. The molecule has 1 aromatic heterocycles. The molecule has 0 fully saturated rings. The number of carbonyl (C=O) groups excluding carboxylic acids is 1. The molecular formula is C27H23FN4O4. The summed E-state index contributed by atoms with van der Waals surface area (Å²) in [5.41, 5.74) is 2.99. The van der Waals surface area contributed by atoms with Crippen LogP contribution in [0.25, 0.3) is 17.0 Å². The molecule has 0 aliphatic carbocycles. The number of ether oxygens (including phenoxy) is 2. The SMILES string of the molecule is COc1ccc(-c2noc(C3=C(C)N(c4cccc(F)c4)C(=O)NC3c3cccc(OC)c3)n2)cc1. The van der Waals surface area contributed by atoms with Crippen molar-refractivity contribution in [1.82, 2.24) is 15.5 Å². The van der Waals surface area contributed by atoms with Crippen LogP contribution in [0.15, 0.2) is 83.0 Å². The number of aromatic nitrogens is 2. The lowest BCUT2D eigenvalue weighted by Crippen LogP contribution is -2.46. The number of hydrogen-bond donors (Lipinski definition) is 1. The lowest BCUT2D eigenvalue weighted by atomic mass is 9.94. The van der Waals surface area contributed by atoms with Gasteiger partial charge in [-0.15, -0.1) is 0 Å². The number of rotatable bonds is 6. The van der Waals surface area contributed by atoms with Crippen LogP contribution < -0.4 is 19.7 Å². The van der Waals surface area contributed by atoms with E-state index in [0.29, 0.717) is 34.3 Å². The highest BCUT2D eigenvalue weighted by molar-refractivity contribution is 6.01. The number of urea groups is 1. The standard InChI is InChI=1S/C27H23FN4O4/c1-16-23(26-30-25(31-36-26)17-10-12-21(34-2)13-11-17)24(18-6-4-9-22(14-18)35-3)29-27(33)32(16)20-8-5-7-19(28)15-20/h4-15,24H,1-3H3,(H,29,33). The number of nitrogens with zero attached hydrogens (tertiary/aromatic N) is 3. The van der Waals surface area contributed by atoms with Crippen molar-refractivity contribution < 1.29 is 23.2 Å². The van der Waals surface area contributed by atoms with E-state index >= 15 is 0 Å². The maximum absolute atomic E-state index is 14.0. The summed E-state index contributed by atoms with van der Waals surface area (Å²) in [6, 6.07) is 19.4. The summed E-state index contributed by atoms with van der Waals surface area (Å²) < 4.78 is 30.3. The van der Waals surface area contributed by atoms with Gasteiger partial charge in [0.15, 0.2) is 0 Å². The van der Waals surface area contributed by atoms with Gasteiger partial charge in [0.1, 0.15) is 17.3 Å². The highest BCUT2D eigenvalue weighted by Crippen LogP contribution is 2.40. The Morgan fingerprint density at radius 3 is 2.44 bits per heavy atom. The Kier molecular flexibility index (Phi) is 6.12. The Balaban J connectivity index is 1.64. The van der Waals surface area contributed by atoms with Gasteiger partial charge in [0.05, 0.1) is 31.5 Å². The monoisotopic (exact) mass is 486 g/mol. The van der Waals surface area contributed by atoms with Crippen LogP contribution in [-0.2, 0) is 0 Å². The third kappa shape index (κ3) is 4.26. The van der Waals surface area contributed by atoms with Crippen molar-refractivity contribution in [3.8, 4) is 22.9 Å². The molecule has 1 atom stereocenters. The summed E-state index contributed by atoms with van der Waals surface area (Å²) in [7, 11) is 3.17. The third-order valence-electron chi connectivity index (χ3n) is 5.98. The molecule has 182 valence electrons. The van der Waals surface area contributed by atoms with Gasteiger partial charge < -0.3 is 19.3 Å². The first kappa shape index (κ1) is 23.1. The van der Waals surface area contributed by atoms with Crippen LogP contribution in [0.1, 0.15) is 24.4 Å². The molecule has 1 aliphatic heterocycles. The van der Waals surface area contributed by atoms with E-state index in [1.54, 1.807) is 45.4 Å². The first-order chi connectivity index (χ1) is 17.5. The topological polar surface area (TPSA) is 89.7 Å². The van der Waals surface area contributed by atoms with Crippen molar-refractivity contribution in [3.05, 3.63) is 95.8 Å². The van der Waals surface area contributed by atoms with Crippen molar-refractivity contribution in [1.29, 1.82) is 0 Å². The van der Waals surface area contributed by atoms with Crippen LogP contribution in [0.5, 0.6) is 11.5 Å². The van der Waals surface area contributed by atoms with Gasteiger partial charge in [-0.3, -0.25) is 4.90 Å². The van der Waals surface area contributed by atoms with E-state index in [2.05, 4.69) is 15.5 Å². The van der Waals surface area contributed by atoms with Gasteiger partial charge in [0.2, 0.25) is 5.82 Å². The predicted octanol–water partition coefficient (Wildman–Crippen LogP) is 5.60. The Labute approximate surface area is 207 Å². The number of carbonyl (C=O) groups is 1. The summed E-state index contributed by atoms with van der Waals surface area (Å²) in [5, 5.41) is 7.17. The summed E-state index contributed by atoms with van der Waals surface area (Å²) in [6.07, 6.45) is 0. The molecule has 0 saturated heterocycles. The molecule has 0 bridgehead atoms. The lowest BCUT2D eigenvalue weighted by Gasteiger charge is -2.35. The number of nitrogens with one attached hydrogen (secondary N) is 1. The average molecular weight is 487 g/mol. The summed E-state index contributed by atoms with van der Waals surface area (Å²) in [5.74, 6) is 1.50. The second-order valence-electron chi connectivity index (χ2n) is 8.13. The Bertz CT molecular complexity index is 1450. The number of anilines is 1. The van der Waals surface area contributed by atoms with Crippen molar-refractivity contribution in [2.45, 2.75) is 13.0 Å². The second-order valence-corrected chi connectivity index (χ2v) is 8.13. The lowest BCUT2D eigenvalue weighted by molar-refractivity contribution is 0.244. The average Bonchev–Trinajstić information content (AvgIpc) is 3.38. The molecule has 0 spiro atoms. The molecule has 3 aromatic carbocycles. The van der Waals surface area contributed by atoms with Crippen molar-refractivity contribution in [2.75, 3.05) is 19.1 Å². The quantitative estimate of drug-likeness (QED) is 0.382. The Morgan fingerprint density at radius 1 is 0.972 bits per heavy atom. The first-order valence-electron chi connectivity index (χ1n) is 11.2. The van der Waals surface area contributed by atoms with Gasteiger partial charge in [-0.25, -0.2) is 9.18 Å². The first-order valence-corrected chi connectivity index (χ1v) is 11.2. The fourth-order valence-electron chi connectivity index (χ4n) is 4.21. The van der Waals surface area contributed by atoms with Gasteiger partial charge in [0, 0.05) is 11.3 Å². The van der Waals surface area contributed by atoms with Gasteiger partial charge in [-0.1, -0.05) is 23.4 Å². The van der Waals surface area contributed by atoms with Crippen LogP contribution in [0.3, 0.4) is 0 Å². The smallest absolute Gasteiger partial charge is 0.327 e. The molecule has 2 amide bonds. The summed E-state index contributed by atoms with van der Waals surface area (Å²) >= 11 is 0. The summed E-state index contributed by atoms with van der Waals surface area (Å²) in [6.45, 7) is 1.77. The van der Waals surface area contributed by atoms with Crippen molar-refractivity contribution >= 4 is 17.3 Å². The highest BCUT2D eigenvalue weighted by atomic mass is 19.1. The van der Waals surface area contributed by atoms with Crippen LogP contribution >= 0.6 is 0 Å². The van der Waals surface area contributed by atoms with E-state index in [1.807, 2.05) is 36.4 Å². The van der Waals surface area contributed by atoms with Gasteiger partial charge in [0.25, 0.3) is 5.89 Å². The fourth-order valence-corrected chi connectivity index (χ4v) is 4.21. The number of hydrogen-bond acceptors (Lipinski definition) is 6. The van der Waals surface area contributed by atoms with Gasteiger partial charge >= 0.3 is 6.03 Å². The zero-order valence-electron chi connectivity index (χ0n) is 19.9. The summed E-state index contributed by atoms with van der Waals surface area (Å²) in [4.78, 5) is 19.3. The number of allylic oxidation sites excluding steroid dienone is 1. The minimum atomic E-state index is -0.610. The molecular weight excluding hydrogens is 463 g/mol. The van der Waals surface area contributed by atoms with Crippen LogP contribution in [-0.4, -0.2) is 30.4 Å². The molecule has 5 rings (SSSR count). The maximum Gasteiger partial charge on any atom is 0.327 e. The molecule has 9 heteroatoms. The number of amides is 2. The van der Waals surface area contributed by atoms with Crippen molar-refractivity contribution in [3.63, 3.8) is 0 Å². The van der Waals surface area contributed by atoms with E-state index in [9.17, 15) is 9.18 Å². The molecule has 4 aromatic rings. The van der Waals surface area contributed by atoms with E-state index in [0.717, 1.165) is 11.1 Å². The zero-order valence-corrected chi connectivity index (χ0v) is 19.9. The maximum atomic E-state index is 14.0. The molecule has 36 heavy (non-hydrogen) atoms. The fraction of sp³-hybridized carbons (Fsp3) is 0.148. The van der Waals surface area contributed by atoms with E-state index < -0.39 is 17.9 Å². The van der Waals surface area contributed by atoms with E-state index in [1.165, 1.54) is 17.0 Å². The largest absolute Gasteiger partial charge is 0.497 e. The van der Waals surface area contributed by atoms with Gasteiger partial charge in [-0.05, 0) is 67.1 Å². The van der Waals surface area contributed by atoms with Crippen molar-refractivity contribution in [2.24, 2.45) is 0 Å². The minimum absolute atomic E-state index is 0.229. The molecule has 1 unspecified atom stereocenters. The van der Waals surface area contributed by atoms with Crippen LogP contribution in [0, 0.1) is 5.82 Å². The van der Waals surface area contributed by atoms with Crippen LogP contribution in [0.2, 0.25) is 0 Å². The predicted molar refractivity (Wildman–Crippen MR) is 132 cm³/mol. The van der Waals surface area contributed by atoms with Crippen LogP contribution in [0.4, 0.5) is 14.9 Å². The molecule has 2 heterocycles. The molecule has 0 radical (unpaired) electrons. The van der Waals surface area contributed by atoms with E-state index in [-0.39, 0.29) is 5.89 Å². The normalized spacial score (nSPS) is 15.6. The Morgan fingerprint density at radius 2 is 1.72 bits per heavy atom.